The summed E-state index contributed by atoms with van der Waals surface area (Å²) in [4.78, 5) is 2.59. The van der Waals surface area contributed by atoms with Gasteiger partial charge in [0.2, 0.25) is 0 Å². The highest BCUT2D eigenvalue weighted by Gasteiger charge is 2.40. The lowest BCUT2D eigenvalue weighted by molar-refractivity contribution is 0.0148. The Kier molecular flexibility index (Phi) is 3.07. The zero-order chi connectivity index (χ0) is 14.4. The van der Waals surface area contributed by atoms with Crippen LogP contribution in [0.25, 0.3) is 0 Å². The molecular formula is C17H21NO3. The molecule has 3 aliphatic heterocycles. The standard InChI is InChI=1S/C17H21NO3/c1-19-16-7-11-3-5-18-10-12-4-6-21-15(12)9-14(18)13(11)8-17(16)20-2/h4,6-8,12,14-15H,3,5,9-10H2,1-2H3. The van der Waals surface area contributed by atoms with Crippen LogP contribution in [0.5, 0.6) is 11.5 Å². The van der Waals surface area contributed by atoms with Gasteiger partial charge in [-0.25, -0.2) is 0 Å². The summed E-state index contributed by atoms with van der Waals surface area (Å²) in [6.45, 7) is 2.21. The number of benzene rings is 1. The average molecular weight is 287 g/mol. The minimum absolute atomic E-state index is 0.338. The van der Waals surface area contributed by atoms with E-state index in [0.29, 0.717) is 18.1 Å². The lowest BCUT2D eigenvalue weighted by atomic mass is 9.82. The first-order valence-electron chi connectivity index (χ1n) is 7.61. The van der Waals surface area contributed by atoms with Gasteiger partial charge in [0.25, 0.3) is 0 Å². The van der Waals surface area contributed by atoms with Gasteiger partial charge in [-0.2, -0.15) is 0 Å². The van der Waals surface area contributed by atoms with E-state index in [1.54, 1.807) is 14.2 Å². The SMILES string of the molecule is COc1cc2c(cc1OC)C1CC3OC=CC3CN1CC2. The largest absolute Gasteiger partial charge is 0.498 e. The molecule has 3 unspecified atom stereocenters. The Morgan fingerprint density at radius 2 is 2.00 bits per heavy atom. The third kappa shape index (κ3) is 2.01. The summed E-state index contributed by atoms with van der Waals surface area (Å²) in [7, 11) is 3.40. The number of piperidine rings is 1. The molecular weight excluding hydrogens is 266 g/mol. The van der Waals surface area contributed by atoms with Crippen LogP contribution in [-0.4, -0.2) is 38.3 Å². The Morgan fingerprint density at radius 1 is 1.19 bits per heavy atom. The first-order chi connectivity index (χ1) is 10.3. The fourth-order valence-electron chi connectivity index (χ4n) is 3.95. The van der Waals surface area contributed by atoms with Gasteiger partial charge in [0, 0.05) is 31.5 Å². The molecule has 1 aromatic carbocycles. The van der Waals surface area contributed by atoms with E-state index < -0.39 is 0 Å². The van der Waals surface area contributed by atoms with Crippen LogP contribution in [0, 0.1) is 5.92 Å². The van der Waals surface area contributed by atoms with E-state index in [9.17, 15) is 0 Å². The number of rotatable bonds is 2. The number of methoxy groups -OCH3 is 2. The predicted octanol–water partition coefficient (Wildman–Crippen LogP) is 2.54. The van der Waals surface area contributed by atoms with Crippen molar-refractivity contribution in [2.45, 2.75) is 25.0 Å². The van der Waals surface area contributed by atoms with Crippen molar-refractivity contribution in [3.8, 4) is 11.5 Å². The molecule has 0 radical (unpaired) electrons. The van der Waals surface area contributed by atoms with E-state index in [1.165, 1.54) is 11.1 Å². The van der Waals surface area contributed by atoms with Crippen molar-refractivity contribution >= 4 is 0 Å². The second kappa shape index (κ2) is 4.95. The minimum atomic E-state index is 0.338. The maximum atomic E-state index is 5.76. The van der Waals surface area contributed by atoms with Gasteiger partial charge in [0.05, 0.1) is 20.5 Å². The zero-order valence-electron chi connectivity index (χ0n) is 12.5. The number of ether oxygens (including phenoxy) is 3. The highest BCUT2D eigenvalue weighted by molar-refractivity contribution is 5.49. The quantitative estimate of drug-likeness (QED) is 0.836. The Balaban J connectivity index is 1.71. The summed E-state index contributed by atoms with van der Waals surface area (Å²) >= 11 is 0. The molecule has 4 nitrogen and oxygen atoms in total. The molecule has 0 aromatic heterocycles. The maximum absolute atomic E-state index is 5.76. The van der Waals surface area contributed by atoms with Gasteiger partial charge >= 0.3 is 0 Å². The van der Waals surface area contributed by atoms with Gasteiger partial charge in [0.1, 0.15) is 6.10 Å². The molecule has 3 atom stereocenters. The fraction of sp³-hybridized carbons (Fsp3) is 0.529. The third-order valence-corrected chi connectivity index (χ3v) is 5.07. The van der Waals surface area contributed by atoms with Crippen LogP contribution in [0.3, 0.4) is 0 Å². The summed E-state index contributed by atoms with van der Waals surface area (Å²) in [6.07, 6.45) is 6.56. The Morgan fingerprint density at radius 3 is 2.81 bits per heavy atom. The second-order valence-corrected chi connectivity index (χ2v) is 6.07. The maximum Gasteiger partial charge on any atom is 0.161 e. The molecule has 21 heavy (non-hydrogen) atoms. The lowest BCUT2D eigenvalue weighted by Crippen LogP contribution is -2.46. The molecule has 3 aliphatic rings. The summed E-state index contributed by atoms with van der Waals surface area (Å²) in [5.74, 6) is 2.21. The predicted molar refractivity (Wildman–Crippen MR) is 79.7 cm³/mol. The Hall–Kier alpha value is -1.68. The van der Waals surface area contributed by atoms with E-state index >= 15 is 0 Å². The van der Waals surface area contributed by atoms with Crippen LogP contribution >= 0.6 is 0 Å². The van der Waals surface area contributed by atoms with Crippen molar-refractivity contribution in [3.63, 3.8) is 0 Å². The van der Waals surface area contributed by atoms with Gasteiger partial charge < -0.3 is 14.2 Å². The van der Waals surface area contributed by atoms with Gasteiger partial charge in [0.15, 0.2) is 11.5 Å². The van der Waals surface area contributed by atoms with E-state index in [2.05, 4.69) is 23.1 Å². The van der Waals surface area contributed by atoms with Gasteiger partial charge in [-0.3, -0.25) is 4.90 Å². The number of hydrogen-bond acceptors (Lipinski definition) is 4. The first kappa shape index (κ1) is 13.0. The van der Waals surface area contributed by atoms with Crippen LogP contribution in [-0.2, 0) is 11.2 Å². The summed E-state index contributed by atoms with van der Waals surface area (Å²) < 4.78 is 16.7. The van der Waals surface area contributed by atoms with E-state index in [-0.39, 0.29) is 0 Å². The summed E-state index contributed by atoms with van der Waals surface area (Å²) in [5.41, 5.74) is 2.77. The molecule has 0 N–H and O–H groups in total. The highest BCUT2D eigenvalue weighted by Crippen LogP contribution is 2.44. The molecule has 0 aliphatic carbocycles. The van der Waals surface area contributed by atoms with Crippen LogP contribution in [0.15, 0.2) is 24.5 Å². The van der Waals surface area contributed by atoms with Crippen molar-refractivity contribution in [2.24, 2.45) is 5.92 Å². The Bertz CT molecular complexity index is 584. The van der Waals surface area contributed by atoms with E-state index in [1.807, 2.05) is 6.26 Å². The Labute approximate surface area is 125 Å². The smallest absolute Gasteiger partial charge is 0.161 e. The molecule has 1 aromatic rings. The molecule has 1 fully saturated rings. The second-order valence-electron chi connectivity index (χ2n) is 6.07. The summed E-state index contributed by atoms with van der Waals surface area (Å²) in [6, 6.07) is 4.74. The molecule has 112 valence electrons. The topological polar surface area (TPSA) is 30.9 Å². The first-order valence-corrected chi connectivity index (χ1v) is 7.61. The summed E-state index contributed by atoms with van der Waals surface area (Å²) in [5, 5.41) is 0. The van der Waals surface area contributed by atoms with Crippen LogP contribution < -0.4 is 9.47 Å². The highest BCUT2D eigenvalue weighted by atomic mass is 16.5. The molecule has 1 saturated heterocycles. The van der Waals surface area contributed by atoms with Gasteiger partial charge in [-0.05, 0) is 35.8 Å². The number of fused-ring (bicyclic) bond motifs is 4. The van der Waals surface area contributed by atoms with Crippen molar-refractivity contribution in [3.05, 3.63) is 35.6 Å². The van der Waals surface area contributed by atoms with Crippen molar-refractivity contribution in [2.75, 3.05) is 27.3 Å². The van der Waals surface area contributed by atoms with Gasteiger partial charge in [-0.1, -0.05) is 0 Å². The lowest BCUT2D eigenvalue weighted by Gasteiger charge is -2.44. The molecule has 4 rings (SSSR count). The molecule has 0 bridgehead atoms. The molecule has 0 saturated carbocycles. The van der Waals surface area contributed by atoms with Gasteiger partial charge in [-0.15, -0.1) is 0 Å². The van der Waals surface area contributed by atoms with Crippen LogP contribution in [0.1, 0.15) is 23.6 Å². The number of nitrogens with zero attached hydrogens (tertiary/aromatic N) is 1. The zero-order valence-corrected chi connectivity index (χ0v) is 12.5. The molecule has 4 heteroatoms. The van der Waals surface area contributed by atoms with Crippen molar-refractivity contribution < 1.29 is 14.2 Å². The fourth-order valence-corrected chi connectivity index (χ4v) is 3.95. The van der Waals surface area contributed by atoms with Crippen molar-refractivity contribution in [1.29, 1.82) is 0 Å². The molecule has 0 spiro atoms. The molecule has 0 amide bonds. The molecule has 3 heterocycles. The monoisotopic (exact) mass is 287 g/mol. The average Bonchev–Trinajstić information content (AvgIpc) is 2.98. The minimum Gasteiger partial charge on any atom is -0.498 e. The number of hydrogen-bond donors (Lipinski definition) is 0. The third-order valence-electron chi connectivity index (χ3n) is 5.07. The van der Waals surface area contributed by atoms with E-state index in [4.69, 9.17) is 14.2 Å². The van der Waals surface area contributed by atoms with Crippen molar-refractivity contribution in [1.82, 2.24) is 4.90 Å². The van der Waals surface area contributed by atoms with Crippen LogP contribution in [0.4, 0.5) is 0 Å². The van der Waals surface area contributed by atoms with E-state index in [0.717, 1.165) is 37.4 Å². The normalized spacial score (nSPS) is 30.1. The van der Waals surface area contributed by atoms with Crippen LogP contribution in [0.2, 0.25) is 0 Å².